The molecule has 0 amide bonds. The molecule has 4 rings (SSSR count). The van der Waals surface area contributed by atoms with E-state index in [4.69, 9.17) is 14.7 Å². The number of aromatic nitrogens is 4. The van der Waals surface area contributed by atoms with E-state index in [1.165, 1.54) is 0 Å². The smallest absolute Gasteiger partial charge is 0.328 e. The molecule has 0 spiro atoms. The Hall–Kier alpha value is -2.78. The Morgan fingerprint density at radius 1 is 1.12 bits per heavy atom. The van der Waals surface area contributed by atoms with Gasteiger partial charge in [-0.2, -0.15) is 0 Å². The topological polar surface area (TPSA) is 76.0 Å². The van der Waals surface area contributed by atoms with Crippen molar-refractivity contribution in [1.82, 2.24) is 19.5 Å². The minimum absolute atomic E-state index is 0.209. The van der Waals surface area contributed by atoms with Gasteiger partial charge in [0.2, 0.25) is 0 Å². The summed E-state index contributed by atoms with van der Waals surface area (Å²) in [7, 11) is 3.57. The van der Waals surface area contributed by atoms with Crippen molar-refractivity contribution in [2.45, 2.75) is 25.0 Å². The number of ether oxygens (including phenoxy) is 1. The van der Waals surface area contributed by atoms with Crippen LogP contribution in [0.4, 0.5) is 11.5 Å². The average Bonchev–Trinajstić information content (AvgIpc) is 3.13. The fraction of sp³-hybridized carbons (Fsp3) is 0.261. The number of benzene rings is 2. The number of halogens is 1. The first-order chi connectivity index (χ1) is 15.5. The third-order valence-corrected chi connectivity index (χ3v) is 6.63. The molecule has 0 atom stereocenters. The molecule has 2 aromatic carbocycles. The van der Waals surface area contributed by atoms with E-state index in [1.54, 1.807) is 23.4 Å². The molecule has 0 saturated heterocycles. The third kappa shape index (κ3) is 4.68. The highest BCUT2D eigenvalue weighted by atomic mass is 79.9. The molecule has 4 aromatic rings. The van der Waals surface area contributed by atoms with Crippen LogP contribution in [0.15, 0.2) is 63.0 Å². The van der Waals surface area contributed by atoms with Gasteiger partial charge in [0.1, 0.15) is 11.3 Å². The van der Waals surface area contributed by atoms with Crippen molar-refractivity contribution in [3.8, 4) is 5.75 Å². The van der Waals surface area contributed by atoms with Crippen LogP contribution in [-0.4, -0.2) is 39.4 Å². The van der Waals surface area contributed by atoms with Gasteiger partial charge in [0.05, 0.1) is 13.7 Å². The zero-order chi connectivity index (χ0) is 22.7. The average molecular weight is 514 g/mol. The molecule has 0 aliphatic carbocycles. The van der Waals surface area contributed by atoms with E-state index in [2.05, 4.69) is 27.8 Å². The molecule has 0 bridgehead atoms. The van der Waals surface area contributed by atoms with Crippen LogP contribution in [0.1, 0.15) is 18.9 Å². The van der Waals surface area contributed by atoms with Crippen LogP contribution in [0.5, 0.6) is 5.75 Å². The molecule has 0 aliphatic rings. The van der Waals surface area contributed by atoms with Crippen LogP contribution in [0.3, 0.4) is 0 Å². The first kappa shape index (κ1) is 22.4. The number of methoxy groups -OCH3 is 1. The Morgan fingerprint density at radius 3 is 2.50 bits per heavy atom. The monoisotopic (exact) mass is 513 g/mol. The molecule has 7 nitrogen and oxygen atoms in total. The number of rotatable bonds is 8. The van der Waals surface area contributed by atoms with Gasteiger partial charge in [0, 0.05) is 23.0 Å². The summed E-state index contributed by atoms with van der Waals surface area (Å²) >= 11 is 5.05. The second-order valence-electron chi connectivity index (χ2n) is 7.28. The first-order valence-corrected chi connectivity index (χ1v) is 12.0. The fourth-order valence-electron chi connectivity index (χ4n) is 3.34. The summed E-state index contributed by atoms with van der Waals surface area (Å²) in [6.45, 7) is 2.54. The lowest BCUT2D eigenvalue weighted by Gasteiger charge is -2.20. The number of anilines is 2. The molecule has 0 radical (unpaired) electrons. The number of nitrogens with one attached hydrogen (secondary N) is 1. The third-order valence-electron chi connectivity index (χ3n) is 5.05. The SMILES string of the molecule is CCCSc1nc(N(C)c2ccc(OC)cc2)c2[nH]c(=O)n(Cc3ccc(Br)cc3)c2n1. The quantitative estimate of drug-likeness (QED) is 0.257. The number of hydrogen-bond acceptors (Lipinski definition) is 6. The maximum atomic E-state index is 12.9. The number of hydrogen-bond donors (Lipinski definition) is 1. The van der Waals surface area contributed by atoms with Crippen molar-refractivity contribution in [2.24, 2.45) is 0 Å². The van der Waals surface area contributed by atoms with Gasteiger partial charge in [-0.1, -0.05) is 46.7 Å². The summed E-state index contributed by atoms with van der Waals surface area (Å²) in [5, 5.41) is 0.651. The van der Waals surface area contributed by atoms with Gasteiger partial charge in [0.15, 0.2) is 16.6 Å². The predicted octanol–water partition coefficient (Wildman–Crippen LogP) is 5.21. The van der Waals surface area contributed by atoms with Crippen LogP contribution in [0.25, 0.3) is 11.2 Å². The molecule has 32 heavy (non-hydrogen) atoms. The fourth-order valence-corrected chi connectivity index (χ4v) is 4.30. The molecule has 9 heteroatoms. The van der Waals surface area contributed by atoms with E-state index < -0.39 is 0 Å². The van der Waals surface area contributed by atoms with Crippen molar-refractivity contribution >= 4 is 50.4 Å². The molecule has 1 N–H and O–H groups in total. The summed E-state index contributed by atoms with van der Waals surface area (Å²) < 4.78 is 7.94. The van der Waals surface area contributed by atoms with Gasteiger partial charge in [-0.15, -0.1) is 0 Å². The van der Waals surface area contributed by atoms with Crippen molar-refractivity contribution < 1.29 is 4.74 Å². The van der Waals surface area contributed by atoms with Crippen LogP contribution >= 0.6 is 27.7 Å². The van der Waals surface area contributed by atoms with Crippen molar-refractivity contribution in [3.63, 3.8) is 0 Å². The van der Waals surface area contributed by atoms with Gasteiger partial charge in [-0.3, -0.25) is 4.57 Å². The van der Waals surface area contributed by atoms with Crippen molar-refractivity contribution in [3.05, 3.63) is 69.1 Å². The standard InChI is InChI=1S/C23H24BrN5O2S/c1-4-13-32-22-26-20(28(2)17-9-11-18(31-3)12-10-17)19-21(27-22)29(23(30)25-19)14-15-5-7-16(24)8-6-15/h5-12H,4,13-14H2,1-3H3,(H,25,30). The van der Waals surface area contributed by atoms with E-state index in [0.29, 0.717) is 28.7 Å². The van der Waals surface area contributed by atoms with Crippen molar-refractivity contribution in [1.29, 1.82) is 0 Å². The molecular formula is C23H24BrN5O2S. The summed E-state index contributed by atoms with van der Waals surface area (Å²) in [6, 6.07) is 15.6. The first-order valence-electron chi connectivity index (χ1n) is 10.3. The zero-order valence-corrected chi connectivity index (χ0v) is 20.5. The van der Waals surface area contributed by atoms with Gasteiger partial charge in [-0.05, 0) is 48.4 Å². The van der Waals surface area contributed by atoms with Gasteiger partial charge in [-0.25, -0.2) is 14.8 Å². The predicted molar refractivity (Wildman–Crippen MR) is 133 cm³/mol. The largest absolute Gasteiger partial charge is 0.497 e. The minimum atomic E-state index is -0.209. The second-order valence-corrected chi connectivity index (χ2v) is 9.25. The van der Waals surface area contributed by atoms with Crippen LogP contribution in [0, 0.1) is 0 Å². The van der Waals surface area contributed by atoms with Crippen LogP contribution in [-0.2, 0) is 6.54 Å². The number of aromatic amines is 1. The maximum Gasteiger partial charge on any atom is 0.328 e. The highest BCUT2D eigenvalue weighted by Gasteiger charge is 2.19. The summed E-state index contributed by atoms with van der Waals surface area (Å²) in [4.78, 5) is 27.4. The van der Waals surface area contributed by atoms with E-state index >= 15 is 0 Å². The summed E-state index contributed by atoms with van der Waals surface area (Å²) in [5.41, 5.74) is 2.95. The van der Waals surface area contributed by atoms with E-state index in [9.17, 15) is 4.79 Å². The Kier molecular flexibility index (Phi) is 6.86. The number of imidazole rings is 1. The lowest BCUT2D eigenvalue weighted by Crippen LogP contribution is -2.17. The maximum absolute atomic E-state index is 12.9. The van der Waals surface area contributed by atoms with Gasteiger partial charge in [0.25, 0.3) is 0 Å². The Morgan fingerprint density at radius 2 is 1.84 bits per heavy atom. The van der Waals surface area contributed by atoms with Gasteiger partial charge < -0.3 is 14.6 Å². The zero-order valence-electron chi connectivity index (χ0n) is 18.1. The summed E-state index contributed by atoms with van der Waals surface area (Å²) in [5.74, 6) is 2.34. The highest BCUT2D eigenvalue weighted by Crippen LogP contribution is 2.30. The summed E-state index contributed by atoms with van der Waals surface area (Å²) in [6.07, 6.45) is 1.01. The van der Waals surface area contributed by atoms with E-state index in [-0.39, 0.29) is 5.69 Å². The molecule has 0 unspecified atom stereocenters. The number of nitrogens with zero attached hydrogens (tertiary/aromatic N) is 4. The molecule has 2 heterocycles. The van der Waals surface area contributed by atoms with Crippen LogP contribution in [0.2, 0.25) is 0 Å². The lowest BCUT2D eigenvalue weighted by atomic mass is 10.2. The second kappa shape index (κ2) is 9.79. The Bertz CT molecular complexity index is 1270. The molecular weight excluding hydrogens is 490 g/mol. The number of H-pyrrole nitrogens is 1. The number of thioether (sulfide) groups is 1. The van der Waals surface area contributed by atoms with Crippen LogP contribution < -0.4 is 15.3 Å². The minimum Gasteiger partial charge on any atom is -0.497 e. The molecule has 166 valence electrons. The highest BCUT2D eigenvalue weighted by molar-refractivity contribution is 9.10. The van der Waals surface area contributed by atoms with Gasteiger partial charge >= 0.3 is 5.69 Å². The van der Waals surface area contributed by atoms with E-state index in [0.717, 1.165) is 33.6 Å². The van der Waals surface area contributed by atoms with E-state index in [1.807, 2.05) is 60.5 Å². The number of fused-ring (bicyclic) bond motifs is 1. The lowest BCUT2D eigenvalue weighted by molar-refractivity contribution is 0.415. The Balaban J connectivity index is 1.82. The normalized spacial score (nSPS) is 11.1. The molecule has 0 saturated carbocycles. The van der Waals surface area contributed by atoms with Crippen molar-refractivity contribution in [2.75, 3.05) is 24.8 Å². The molecule has 0 aliphatic heterocycles. The molecule has 2 aromatic heterocycles. The molecule has 0 fully saturated rings. The Labute approximate surface area is 199 Å².